The lowest BCUT2D eigenvalue weighted by Crippen LogP contribution is -2.37. The van der Waals surface area contributed by atoms with E-state index in [0.717, 1.165) is 17.3 Å². The first-order chi connectivity index (χ1) is 9.66. The molecule has 1 saturated heterocycles. The van der Waals surface area contributed by atoms with E-state index in [1.165, 1.54) is 0 Å². The number of nitrogens with zero attached hydrogens (tertiary/aromatic N) is 2. The van der Waals surface area contributed by atoms with Crippen LogP contribution in [-0.2, 0) is 4.74 Å². The van der Waals surface area contributed by atoms with Gasteiger partial charge in [0.25, 0.3) is 5.91 Å². The molecular formula is C15H15ClN2O2. The molecule has 1 aliphatic heterocycles. The molecule has 0 N–H and O–H groups in total. The molecule has 4 nitrogen and oxygen atoms in total. The number of aromatic nitrogens is 1. The smallest absolute Gasteiger partial charge is 0.254 e. The zero-order valence-electron chi connectivity index (χ0n) is 11.2. The van der Waals surface area contributed by atoms with Crippen molar-refractivity contribution in [3.63, 3.8) is 0 Å². The van der Waals surface area contributed by atoms with E-state index in [2.05, 4.69) is 4.98 Å². The highest BCUT2D eigenvalue weighted by Gasteiger charge is 2.26. The van der Waals surface area contributed by atoms with Crippen LogP contribution in [0.3, 0.4) is 0 Å². The summed E-state index contributed by atoms with van der Waals surface area (Å²) >= 11 is 6.03. The predicted octanol–water partition coefficient (Wildman–Crippen LogP) is 2.75. The van der Waals surface area contributed by atoms with Gasteiger partial charge in [-0.3, -0.25) is 4.79 Å². The summed E-state index contributed by atoms with van der Waals surface area (Å²) in [6.45, 7) is 1.30. The molecule has 2 aromatic rings. The topological polar surface area (TPSA) is 42.4 Å². The number of pyridine rings is 1. The second-order valence-electron chi connectivity index (χ2n) is 4.94. The molecule has 1 amide bonds. The Labute approximate surface area is 122 Å². The average Bonchev–Trinajstić information content (AvgIpc) is 2.99. The van der Waals surface area contributed by atoms with Gasteiger partial charge in [0.15, 0.2) is 0 Å². The summed E-state index contributed by atoms with van der Waals surface area (Å²) in [5.74, 6) is -0.0407. The van der Waals surface area contributed by atoms with Crippen molar-refractivity contribution in [2.24, 2.45) is 0 Å². The average molecular weight is 291 g/mol. The quantitative estimate of drug-likeness (QED) is 0.799. The molecule has 104 valence electrons. The lowest BCUT2D eigenvalue weighted by Gasteiger charge is -2.23. The van der Waals surface area contributed by atoms with Gasteiger partial charge in [0.2, 0.25) is 0 Å². The largest absolute Gasteiger partial charge is 0.379 e. The summed E-state index contributed by atoms with van der Waals surface area (Å²) in [5.41, 5.74) is 1.33. The van der Waals surface area contributed by atoms with Crippen molar-refractivity contribution in [2.75, 3.05) is 20.3 Å². The summed E-state index contributed by atoms with van der Waals surface area (Å²) in [6.07, 6.45) is 0.874. The van der Waals surface area contributed by atoms with Crippen molar-refractivity contribution >= 4 is 28.4 Å². The lowest BCUT2D eigenvalue weighted by atomic mass is 10.1. The number of para-hydroxylation sites is 1. The van der Waals surface area contributed by atoms with Crippen LogP contribution in [0, 0.1) is 0 Å². The van der Waals surface area contributed by atoms with Crippen LogP contribution in [0.5, 0.6) is 0 Å². The summed E-state index contributed by atoms with van der Waals surface area (Å²) < 4.78 is 5.34. The molecule has 2 heterocycles. The van der Waals surface area contributed by atoms with Crippen molar-refractivity contribution in [3.8, 4) is 0 Å². The van der Waals surface area contributed by atoms with E-state index in [-0.39, 0.29) is 11.9 Å². The standard InChI is InChI=1S/C15H15ClN2O2/c1-18(10-6-7-20-9-10)15(19)12-8-14(16)17-13-5-3-2-4-11(12)13/h2-5,8,10H,6-7,9H2,1H3. The Bertz CT molecular complexity index is 653. The van der Waals surface area contributed by atoms with Crippen molar-refractivity contribution in [1.29, 1.82) is 0 Å². The molecule has 0 spiro atoms. The Morgan fingerprint density at radius 3 is 3.00 bits per heavy atom. The maximum Gasteiger partial charge on any atom is 0.254 e. The molecule has 1 aromatic carbocycles. The summed E-state index contributed by atoms with van der Waals surface area (Å²) in [7, 11) is 1.81. The summed E-state index contributed by atoms with van der Waals surface area (Å²) in [6, 6.07) is 9.30. The minimum atomic E-state index is -0.0407. The number of benzene rings is 1. The van der Waals surface area contributed by atoms with Crippen molar-refractivity contribution in [3.05, 3.63) is 41.0 Å². The molecular weight excluding hydrogens is 276 g/mol. The number of ether oxygens (including phenoxy) is 1. The molecule has 0 aliphatic carbocycles. The van der Waals surface area contributed by atoms with Crippen LogP contribution in [0.25, 0.3) is 10.9 Å². The van der Waals surface area contributed by atoms with Crippen molar-refractivity contribution in [1.82, 2.24) is 9.88 Å². The number of carbonyl (C=O) groups is 1. The first kappa shape index (κ1) is 13.3. The normalized spacial score (nSPS) is 18.4. The van der Waals surface area contributed by atoms with Crippen LogP contribution in [0.4, 0.5) is 0 Å². The number of likely N-dealkylation sites (N-methyl/N-ethyl adjacent to an activating group) is 1. The van der Waals surface area contributed by atoms with Crippen LogP contribution in [0.1, 0.15) is 16.8 Å². The van der Waals surface area contributed by atoms with Gasteiger partial charge < -0.3 is 9.64 Å². The van der Waals surface area contributed by atoms with Gasteiger partial charge in [-0.2, -0.15) is 0 Å². The molecule has 20 heavy (non-hydrogen) atoms. The Balaban J connectivity index is 2.02. The number of halogens is 1. The highest BCUT2D eigenvalue weighted by atomic mass is 35.5. The Morgan fingerprint density at radius 2 is 2.25 bits per heavy atom. The molecule has 0 bridgehead atoms. The molecule has 5 heteroatoms. The Kier molecular flexibility index (Phi) is 3.59. The third-order valence-electron chi connectivity index (χ3n) is 3.69. The van der Waals surface area contributed by atoms with Gasteiger partial charge >= 0.3 is 0 Å². The molecule has 1 atom stereocenters. The summed E-state index contributed by atoms with van der Waals surface area (Å²) in [5, 5.41) is 1.16. The Morgan fingerprint density at radius 1 is 1.45 bits per heavy atom. The first-order valence-electron chi connectivity index (χ1n) is 6.57. The van der Waals surface area contributed by atoms with E-state index in [1.54, 1.807) is 11.0 Å². The molecule has 1 unspecified atom stereocenters. The number of hydrogen-bond acceptors (Lipinski definition) is 3. The minimum Gasteiger partial charge on any atom is -0.379 e. The number of carbonyl (C=O) groups excluding carboxylic acids is 1. The number of fused-ring (bicyclic) bond motifs is 1. The first-order valence-corrected chi connectivity index (χ1v) is 6.95. The maximum atomic E-state index is 12.7. The second-order valence-corrected chi connectivity index (χ2v) is 5.33. The molecule has 0 radical (unpaired) electrons. The van der Waals surface area contributed by atoms with Gasteiger partial charge in [-0.1, -0.05) is 29.8 Å². The second kappa shape index (κ2) is 5.38. The monoisotopic (exact) mass is 290 g/mol. The minimum absolute atomic E-state index is 0.0407. The van der Waals surface area contributed by atoms with E-state index in [0.29, 0.717) is 23.9 Å². The van der Waals surface area contributed by atoms with Gasteiger partial charge in [0, 0.05) is 19.0 Å². The Hall–Kier alpha value is -1.65. The van der Waals surface area contributed by atoms with Crippen LogP contribution in [0.15, 0.2) is 30.3 Å². The van der Waals surface area contributed by atoms with E-state index in [4.69, 9.17) is 16.3 Å². The SMILES string of the molecule is CN(C(=O)c1cc(Cl)nc2ccccc12)C1CCOC1. The van der Waals surface area contributed by atoms with Gasteiger partial charge in [-0.15, -0.1) is 0 Å². The van der Waals surface area contributed by atoms with Gasteiger partial charge in [-0.05, 0) is 18.6 Å². The van der Waals surface area contributed by atoms with Crippen molar-refractivity contribution in [2.45, 2.75) is 12.5 Å². The summed E-state index contributed by atoms with van der Waals surface area (Å²) in [4.78, 5) is 18.7. The maximum absolute atomic E-state index is 12.7. The van der Waals surface area contributed by atoms with Gasteiger partial charge in [-0.25, -0.2) is 4.98 Å². The number of rotatable bonds is 2. The number of hydrogen-bond donors (Lipinski definition) is 0. The third-order valence-corrected chi connectivity index (χ3v) is 3.88. The molecule has 1 aromatic heterocycles. The van der Waals surface area contributed by atoms with Crippen LogP contribution >= 0.6 is 11.6 Å². The fourth-order valence-corrected chi connectivity index (χ4v) is 2.70. The highest BCUT2D eigenvalue weighted by molar-refractivity contribution is 6.30. The zero-order valence-corrected chi connectivity index (χ0v) is 11.9. The molecule has 1 aliphatic rings. The number of amides is 1. The van der Waals surface area contributed by atoms with Gasteiger partial charge in [0.05, 0.1) is 23.7 Å². The third kappa shape index (κ3) is 2.37. The highest BCUT2D eigenvalue weighted by Crippen LogP contribution is 2.23. The van der Waals surface area contributed by atoms with Gasteiger partial charge in [0.1, 0.15) is 5.15 Å². The van der Waals surface area contributed by atoms with Crippen LogP contribution in [0.2, 0.25) is 5.15 Å². The van der Waals surface area contributed by atoms with E-state index in [9.17, 15) is 4.79 Å². The lowest BCUT2D eigenvalue weighted by molar-refractivity contribution is 0.0713. The van der Waals surface area contributed by atoms with Crippen LogP contribution in [-0.4, -0.2) is 42.1 Å². The molecule has 3 rings (SSSR count). The fraction of sp³-hybridized carbons (Fsp3) is 0.333. The van der Waals surface area contributed by atoms with Crippen molar-refractivity contribution < 1.29 is 9.53 Å². The molecule has 0 saturated carbocycles. The van der Waals surface area contributed by atoms with E-state index < -0.39 is 0 Å². The molecule has 1 fully saturated rings. The van der Waals surface area contributed by atoms with E-state index in [1.807, 2.05) is 31.3 Å². The zero-order chi connectivity index (χ0) is 14.1. The van der Waals surface area contributed by atoms with E-state index >= 15 is 0 Å². The predicted molar refractivity (Wildman–Crippen MR) is 78.1 cm³/mol. The fourth-order valence-electron chi connectivity index (χ4n) is 2.50. The van der Waals surface area contributed by atoms with Crippen LogP contribution < -0.4 is 0 Å².